The van der Waals surface area contributed by atoms with Crippen LogP contribution < -0.4 is 10.0 Å². The molecular weight excluding hydrogens is 416 g/mol. The number of fused-ring (bicyclic) bond motifs is 1. The Morgan fingerprint density at radius 2 is 1.73 bits per heavy atom. The molecular formula is C24H35ClN2O2S. The maximum atomic E-state index is 12.4. The number of sulfonamides is 1. The van der Waals surface area contributed by atoms with Crippen molar-refractivity contribution < 1.29 is 8.42 Å². The van der Waals surface area contributed by atoms with Crippen LogP contribution in [0.4, 0.5) is 0 Å². The van der Waals surface area contributed by atoms with Crippen LogP contribution in [0.15, 0.2) is 48.5 Å². The summed E-state index contributed by atoms with van der Waals surface area (Å²) in [4.78, 5) is 0. The quantitative estimate of drug-likeness (QED) is 0.649. The van der Waals surface area contributed by atoms with E-state index < -0.39 is 10.0 Å². The van der Waals surface area contributed by atoms with Crippen LogP contribution in [0.1, 0.15) is 61.3 Å². The van der Waals surface area contributed by atoms with E-state index in [9.17, 15) is 8.42 Å². The summed E-state index contributed by atoms with van der Waals surface area (Å²) >= 11 is 0. The van der Waals surface area contributed by atoms with Gasteiger partial charge in [-0.3, -0.25) is 0 Å². The maximum Gasteiger partial charge on any atom is 0.214 e. The number of benzene rings is 2. The smallest absolute Gasteiger partial charge is 0.214 e. The molecule has 2 aromatic carbocycles. The first-order valence-electron chi connectivity index (χ1n) is 10.4. The van der Waals surface area contributed by atoms with Gasteiger partial charge in [0.1, 0.15) is 0 Å². The number of nitrogens with one attached hydrogen (secondary N) is 2. The van der Waals surface area contributed by atoms with E-state index in [4.69, 9.17) is 0 Å². The minimum atomic E-state index is -3.18. The Bertz CT molecular complexity index is 914. The zero-order chi connectivity index (χ0) is 19.6. The molecule has 0 saturated heterocycles. The summed E-state index contributed by atoms with van der Waals surface area (Å²) in [5, 5.41) is 3.32. The van der Waals surface area contributed by atoms with E-state index >= 15 is 0 Å². The second-order valence-corrected chi connectivity index (χ2v) is 10.2. The molecule has 2 N–H and O–H groups in total. The predicted molar refractivity (Wildman–Crippen MR) is 128 cm³/mol. The van der Waals surface area contributed by atoms with Crippen LogP contribution in [0.5, 0.6) is 0 Å². The van der Waals surface area contributed by atoms with E-state index in [1.54, 1.807) is 0 Å². The highest BCUT2D eigenvalue weighted by atomic mass is 35.5. The van der Waals surface area contributed by atoms with Gasteiger partial charge in [-0.25, -0.2) is 13.1 Å². The summed E-state index contributed by atoms with van der Waals surface area (Å²) in [6.07, 6.45) is 5.81. The largest absolute Gasteiger partial charge is 0.316 e. The Kier molecular flexibility index (Phi) is 8.92. The number of aryl methyl sites for hydroxylation is 1. The Labute approximate surface area is 188 Å². The molecule has 1 fully saturated rings. The molecule has 30 heavy (non-hydrogen) atoms. The number of likely N-dealkylation sites (N-methyl/N-ethyl adjacent to an activating group) is 1. The molecule has 2 atom stereocenters. The van der Waals surface area contributed by atoms with Crippen LogP contribution in [0.3, 0.4) is 0 Å². The van der Waals surface area contributed by atoms with E-state index in [0.717, 1.165) is 44.1 Å². The first kappa shape index (κ1) is 24.9. The fraction of sp³-hybridized carbons (Fsp3) is 0.500. The standard InChI is InChI=1S/C23H30N2O2S.CH4.ClH/c1-24-23-13-12-19-11-10-18(16-25-28(26,27)20-8-5-9-20)15-21(19)22(23)14-17-6-3-2-4-7-17;;/h2-4,6-7,10-11,15,20,22-25H,5,8-9,12-14,16H2,1H3;1H4;1H. The Morgan fingerprint density at radius 3 is 2.37 bits per heavy atom. The van der Waals surface area contributed by atoms with Gasteiger partial charge in [0.15, 0.2) is 0 Å². The number of halogens is 1. The lowest BCUT2D eigenvalue weighted by Gasteiger charge is -2.34. The Morgan fingerprint density at radius 1 is 1.00 bits per heavy atom. The highest BCUT2D eigenvalue weighted by molar-refractivity contribution is 7.90. The minimum absolute atomic E-state index is 0. The average molecular weight is 451 g/mol. The van der Waals surface area contributed by atoms with Crippen LogP contribution in [-0.2, 0) is 29.4 Å². The van der Waals surface area contributed by atoms with Gasteiger partial charge in [0.2, 0.25) is 10.0 Å². The molecule has 0 heterocycles. The highest BCUT2D eigenvalue weighted by Crippen LogP contribution is 2.35. The van der Waals surface area contributed by atoms with Crippen molar-refractivity contribution in [3.8, 4) is 0 Å². The summed E-state index contributed by atoms with van der Waals surface area (Å²) in [5.74, 6) is 0.402. The SMILES string of the molecule is C.CNC1CCc2ccc(CNS(=O)(=O)C3CCC3)cc2C1Cc1ccccc1.Cl. The van der Waals surface area contributed by atoms with Crippen molar-refractivity contribution >= 4 is 22.4 Å². The van der Waals surface area contributed by atoms with Crippen molar-refractivity contribution in [1.82, 2.24) is 10.0 Å². The molecule has 0 amide bonds. The molecule has 166 valence electrons. The molecule has 0 bridgehead atoms. The van der Waals surface area contributed by atoms with Crippen LogP contribution in [-0.4, -0.2) is 26.8 Å². The van der Waals surface area contributed by atoms with E-state index in [1.807, 2.05) is 7.05 Å². The van der Waals surface area contributed by atoms with Gasteiger partial charge in [0, 0.05) is 18.5 Å². The van der Waals surface area contributed by atoms with Crippen molar-refractivity contribution in [2.75, 3.05) is 7.05 Å². The first-order valence-corrected chi connectivity index (χ1v) is 11.9. The van der Waals surface area contributed by atoms with Gasteiger partial charge >= 0.3 is 0 Å². The van der Waals surface area contributed by atoms with Crippen molar-refractivity contribution in [3.05, 3.63) is 70.8 Å². The lowest BCUT2D eigenvalue weighted by molar-refractivity contribution is 0.409. The fourth-order valence-electron chi connectivity index (χ4n) is 4.50. The van der Waals surface area contributed by atoms with Gasteiger partial charge in [-0.1, -0.05) is 62.4 Å². The van der Waals surface area contributed by atoms with Crippen LogP contribution in [0.25, 0.3) is 0 Å². The zero-order valence-corrected chi connectivity index (χ0v) is 18.6. The Hall–Kier alpha value is -1.40. The minimum Gasteiger partial charge on any atom is -0.316 e. The van der Waals surface area contributed by atoms with E-state index in [1.165, 1.54) is 16.7 Å². The first-order chi connectivity index (χ1) is 13.6. The molecule has 2 aromatic rings. The molecule has 0 radical (unpaired) electrons. The van der Waals surface area contributed by atoms with Gasteiger partial charge in [0.05, 0.1) is 5.25 Å². The average Bonchev–Trinajstić information content (AvgIpc) is 2.66. The molecule has 0 spiro atoms. The molecule has 2 aliphatic rings. The third kappa shape index (κ3) is 5.44. The van der Waals surface area contributed by atoms with Crippen LogP contribution >= 0.6 is 12.4 Å². The number of hydrogen-bond donors (Lipinski definition) is 2. The topological polar surface area (TPSA) is 58.2 Å². The predicted octanol–water partition coefficient (Wildman–Crippen LogP) is 4.58. The lowest BCUT2D eigenvalue weighted by atomic mass is 9.75. The van der Waals surface area contributed by atoms with E-state index in [2.05, 4.69) is 58.6 Å². The molecule has 4 nitrogen and oxygen atoms in total. The third-order valence-electron chi connectivity index (χ3n) is 6.46. The lowest BCUT2D eigenvalue weighted by Crippen LogP contribution is -2.38. The second-order valence-electron chi connectivity index (χ2n) is 8.18. The monoisotopic (exact) mass is 450 g/mol. The van der Waals surface area contributed by atoms with Crippen molar-refractivity contribution in [3.63, 3.8) is 0 Å². The molecule has 2 aliphatic carbocycles. The van der Waals surface area contributed by atoms with Gasteiger partial charge < -0.3 is 5.32 Å². The van der Waals surface area contributed by atoms with Gasteiger partial charge in [-0.05, 0) is 61.4 Å². The van der Waals surface area contributed by atoms with Gasteiger partial charge in [0.25, 0.3) is 0 Å². The van der Waals surface area contributed by atoms with Crippen LogP contribution in [0, 0.1) is 0 Å². The van der Waals surface area contributed by atoms with Crippen molar-refractivity contribution in [2.45, 2.75) is 69.7 Å². The number of hydrogen-bond acceptors (Lipinski definition) is 3. The summed E-state index contributed by atoms with van der Waals surface area (Å²) in [5.41, 5.74) is 5.17. The fourth-order valence-corrected chi connectivity index (χ4v) is 6.06. The maximum absolute atomic E-state index is 12.4. The zero-order valence-electron chi connectivity index (χ0n) is 16.9. The summed E-state index contributed by atoms with van der Waals surface area (Å²) < 4.78 is 27.5. The van der Waals surface area contributed by atoms with E-state index in [0.29, 0.717) is 18.5 Å². The van der Waals surface area contributed by atoms with Gasteiger partial charge in [-0.15, -0.1) is 12.4 Å². The summed E-state index contributed by atoms with van der Waals surface area (Å²) in [6.45, 7) is 0.383. The van der Waals surface area contributed by atoms with Crippen molar-refractivity contribution in [2.24, 2.45) is 0 Å². The Balaban J connectivity index is 0.00000160. The van der Waals surface area contributed by atoms with E-state index in [-0.39, 0.29) is 25.1 Å². The molecule has 2 unspecified atom stereocenters. The molecule has 0 aromatic heterocycles. The van der Waals surface area contributed by atoms with Crippen molar-refractivity contribution in [1.29, 1.82) is 0 Å². The second kappa shape index (κ2) is 10.8. The molecule has 4 rings (SSSR count). The number of rotatable bonds is 7. The third-order valence-corrected chi connectivity index (χ3v) is 8.35. The van der Waals surface area contributed by atoms with Crippen LogP contribution in [0.2, 0.25) is 0 Å². The molecule has 1 saturated carbocycles. The molecule has 0 aliphatic heterocycles. The summed E-state index contributed by atoms with van der Waals surface area (Å²) in [7, 11) is -1.14. The highest BCUT2D eigenvalue weighted by Gasteiger charge is 2.31. The molecule has 6 heteroatoms. The van der Waals surface area contributed by atoms with Gasteiger partial charge in [-0.2, -0.15) is 0 Å². The summed E-state index contributed by atoms with van der Waals surface area (Å²) in [6, 6.07) is 17.6. The normalized spacial score (nSPS) is 21.0.